The van der Waals surface area contributed by atoms with E-state index in [1.165, 1.54) is 0 Å². The molecule has 0 radical (unpaired) electrons. The molecule has 0 aliphatic rings. The number of nitrogens with zero attached hydrogens (tertiary/aromatic N) is 2. The van der Waals surface area contributed by atoms with E-state index in [1.54, 1.807) is 7.11 Å². The molecule has 0 amide bonds. The van der Waals surface area contributed by atoms with Crippen LogP contribution in [0.2, 0.25) is 0 Å². The number of ether oxygens (including phenoxy) is 1. The van der Waals surface area contributed by atoms with Crippen molar-refractivity contribution in [1.82, 2.24) is 9.80 Å². The molecule has 2 unspecified atom stereocenters. The monoisotopic (exact) mass is 245 g/mol. The van der Waals surface area contributed by atoms with E-state index in [-0.39, 0.29) is 11.6 Å². The third kappa shape index (κ3) is 4.92. The van der Waals surface area contributed by atoms with Crippen LogP contribution in [0.4, 0.5) is 0 Å². The van der Waals surface area contributed by atoms with Crippen LogP contribution in [0, 0.1) is 0 Å². The molecule has 0 rings (SSSR count). The molecule has 2 N–H and O–H groups in total. The summed E-state index contributed by atoms with van der Waals surface area (Å²) in [4.78, 5) is 4.65. The van der Waals surface area contributed by atoms with Crippen LogP contribution in [0.15, 0.2) is 0 Å². The Morgan fingerprint density at radius 2 is 1.88 bits per heavy atom. The van der Waals surface area contributed by atoms with E-state index in [2.05, 4.69) is 44.7 Å². The normalized spacial score (nSPS) is 17.5. The molecule has 0 bridgehead atoms. The summed E-state index contributed by atoms with van der Waals surface area (Å²) < 4.78 is 5.48. The Hall–Kier alpha value is -0.160. The van der Waals surface area contributed by atoms with Gasteiger partial charge in [-0.2, -0.15) is 0 Å². The lowest BCUT2D eigenvalue weighted by Crippen LogP contribution is -2.59. The number of rotatable bonds is 9. The molecule has 0 aliphatic heterocycles. The standard InChI is InChI=1S/C13H31N3O/c1-7-16(10-8-9-15(4)5)13(3,11-14)12(2)17-6/h12H,7-11,14H2,1-6H3. The van der Waals surface area contributed by atoms with Crippen molar-refractivity contribution in [1.29, 1.82) is 0 Å². The maximum Gasteiger partial charge on any atom is 0.0736 e. The summed E-state index contributed by atoms with van der Waals surface area (Å²) in [6, 6.07) is 0. The van der Waals surface area contributed by atoms with Gasteiger partial charge in [-0.25, -0.2) is 0 Å². The maximum absolute atomic E-state index is 5.96. The molecule has 2 atom stereocenters. The second-order valence-electron chi connectivity index (χ2n) is 5.18. The third-order valence-corrected chi connectivity index (χ3v) is 3.78. The van der Waals surface area contributed by atoms with Crippen LogP contribution in [0.25, 0.3) is 0 Å². The average molecular weight is 245 g/mol. The van der Waals surface area contributed by atoms with E-state index in [9.17, 15) is 0 Å². The zero-order valence-corrected chi connectivity index (χ0v) is 12.5. The van der Waals surface area contributed by atoms with Gasteiger partial charge in [-0.3, -0.25) is 4.90 Å². The first-order valence-electron chi connectivity index (χ1n) is 6.55. The fourth-order valence-electron chi connectivity index (χ4n) is 2.16. The Morgan fingerprint density at radius 1 is 1.29 bits per heavy atom. The van der Waals surface area contributed by atoms with Gasteiger partial charge < -0.3 is 15.4 Å². The molecule has 0 saturated carbocycles. The molecule has 0 aromatic heterocycles. The minimum atomic E-state index is -0.0736. The summed E-state index contributed by atoms with van der Waals surface area (Å²) in [5.41, 5.74) is 5.89. The van der Waals surface area contributed by atoms with Crippen molar-refractivity contribution in [3.05, 3.63) is 0 Å². The Bertz CT molecular complexity index is 199. The van der Waals surface area contributed by atoms with Crippen LogP contribution in [-0.2, 0) is 4.74 Å². The van der Waals surface area contributed by atoms with Gasteiger partial charge in [0.15, 0.2) is 0 Å². The second-order valence-corrected chi connectivity index (χ2v) is 5.18. The van der Waals surface area contributed by atoms with Crippen molar-refractivity contribution in [3.8, 4) is 0 Å². The van der Waals surface area contributed by atoms with E-state index in [1.807, 2.05) is 0 Å². The van der Waals surface area contributed by atoms with Crippen molar-refractivity contribution in [2.45, 2.75) is 38.8 Å². The minimum Gasteiger partial charge on any atom is -0.380 e. The highest BCUT2D eigenvalue weighted by Gasteiger charge is 2.35. The molecule has 0 spiro atoms. The van der Waals surface area contributed by atoms with Crippen LogP contribution in [0.1, 0.15) is 27.2 Å². The van der Waals surface area contributed by atoms with Gasteiger partial charge in [0.2, 0.25) is 0 Å². The minimum absolute atomic E-state index is 0.0736. The summed E-state index contributed by atoms with van der Waals surface area (Å²) >= 11 is 0. The lowest BCUT2D eigenvalue weighted by molar-refractivity contribution is -0.0300. The fraction of sp³-hybridized carbons (Fsp3) is 1.00. The summed E-state index contributed by atoms with van der Waals surface area (Å²) in [7, 11) is 5.97. The van der Waals surface area contributed by atoms with Gasteiger partial charge in [-0.15, -0.1) is 0 Å². The summed E-state index contributed by atoms with van der Waals surface area (Å²) in [6.45, 7) is 10.3. The van der Waals surface area contributed by atoms with Crippen molar-refractivity contribution in [2.24, 2.45) is 5.73 Å². The molecule has 104 valence electrons. The Morgan fingerprint density at radius 3 is 2.24 bits per heavy atom. The van der Waals surface area contributed by atoms with Crippen LogP contribution in [0.3, 0.4) is 0 Å². The van der Waals surface area contributed by atoms with Gasteiger partial charge in [0.25, 0.3) is 0 Å². The highest BCUT2D eigenvalue weighted by Crippen LogP contribution is 2.20. The Balaban J connectivity index is 4.47. The Kier molecular flexibility index (Phi) is 7.96. The molecule has 4 heteroatoms. The lowest BCUT2D eigenvalue weighted by atomic mass is 9.93. The number of methoxy groups -OCH3 is 1. The fourth-order valence-corrected chi connectivity index (χ4v) is 2.16. The number of nitrogens with two attached hydrogens (primary N) is 1. The summed E-state index contributed by atoms with van der Waals surface area (Å²) in [5.74, 6) is 0. The first kappa shape index (κ1) is 16.8. The van der Waals surface area contributed by atoms with Crippen molar-refractivity contribution >= 4 is 0 Å². The van der Waals surface area contributed by atoms with E-state index < -0.39 is 0 Å². The smallest absolute Gasteiger partial charge is 0.0736 e. The summed E-state index contributed by atoms with van der Waals surface area (Å²) in [6.07, 6.45) is 1.30. The van der Waals surface area contributed by atoms with Gasteiger partial charge >= 0.3 is 0 Å². The molecular weight excluding hydrogens is 214 g/mol. The van der Waals surface area contributed by atoms with Crippen LogP contribution < -0.4 is 5.73 Å². The second kappa shape index (κ2) is 8.03. The zero-order valence-electron chi connectivity index (χ0n) is 12.5. The SMILES string of the molecule is CCN(CCCN(C)C)C(C)(CN)C(C)OC. The van der Waals surface area contributed by atoms with Gasteiger partial charge in [0.05, 0.1) is 11.6 Å². The molecule has 17 heavy (non-hydrogen) atoms. The zero-order chi connectivity index (χ0) is 13.5. The van der Waals surface area contributed by atoms with Crippen molar-refractivity contribution in [2.75, 3.05) is 47.4 Å². The summed E-state index contributed by atoms with van der Waals surface area (Å²) in [5, 5.41) is 0. The van der Waals surface area contributed by atoms with Gasteiger partial charge in [0, 0.05) is 20.2 Å². The molecule has 0 heterocycles. The third-order valence-electron chi connectivity index (χ3n) is 3.78. The Labute approximate surface area is 107 Å². The lowest BCUT2D eigenvalue weighted by Gasteiger charge is -2.44. The molecular formula is C13H31N3O. The molecule has 0 aromatic rings. The van der Waals surface area contributed by atoms with Gasteiger partial charge in [-0.05, 0) is 47.5 Å². The average Bonchev–Trinajstić information content (AvgIpc) is 2.32. The highest BCUT2D eigenvalue weighted by atomic mass is 16.5. The van der Waals surface area contributed by atoms with Crippen molar-refractivity contribution in [3.63, 3.8) is 0 Å². The van der Waals surface area contributed by atoms with E-state index in [4.69, 9.17) is 10.5 Å². The van der Waals surface area contributed by atoms with Crippen LogP contribution in [-0.4, -0.2) is 68.8 Å². The predicted octanol–water partition coefficient (Wildman–Crippen LogP) is 1.01. The molecule has 0 fully saturated rings. The van der Waals surface area contributed by atoms with Crippen LogP contribution >= 0.6 is 0 Å². The number of hydrogen-bond donors (Lipinski definition) is 1. The number of likely N-dealkylation sites (N-methyl/N-ethyl adjacent to an activating group) is 1. The van der Waals surface area contributed by atoms with Gasteiger partial charge in [0.1, 0.15) is 0 Å². The maximum atomic E-state index is 5.96. The highest BCUT2D eigenvalue weighted by molar-refractivity contribution is 4.92. The van der Waals surface area contributed by atoms with Crippen LogP contribution in [0.5, 0.6) is 0 Å². The quantitative estimate of drug-likeness (QED) is 0.658. The molecule has 0 aromatic carbocycles. The number of hydrogen-bond acceptors (Lipinski definition) is 4. The topological polar surface area (TPSA) is 41.7 Å². The van der Waals surface area contributed by atoms with Crippen molar-refractivity contribution < 1.29 is 4.74 Å². The van der Waals surface area contributed by atoms with E-state index >= 15 is 0 Å². The molecule has 0 aliphatic carbocycles. The largest absolute Gasteiger partial charge is 0.380 e. The van der Waals surface area contributed by atoms with E-state index in [0.29, 0.717) is 6.54 Å². The predicted molar refractivity (Wildman–Crippen MR) is 74.3 cm³/mol. The molecule has 0 saturated heterocycles. The molecule has 4 nitrogen and oxygen atoms in total. The first-order valence-corrected chi connectivity index (χ1v) is 6.55. The van der Waals surface area contributed by atoms with Gasteiger partial charge in [-0.1, -0.05) is 6.92 Å². The van der Waals surface area contributed by atoms with E-state index in [0.717, 1.165) is 26.1 Å². The first-order chi connectivity index (χ1) is 7.92.